The van der Waals surface area contributed by atoms with Gasteiger partial charge in [-0.05, 0) is 12.8 Å². The minimum absolute atomic E-state index is 0.0429. The molecule has 0 aromatic heterocycles. The van der Waals surface area contributed by atoms with Crippen molar-refractivity contribution < 1.29 is 16.8 Å². The van der Waals surface area contributed by atoms with Crippen LogP contribution in [0.5, 0.6) is 0 Å². The van der Waals surface area contributed by atoms with Crippen LogP contribution >= 0.6 is 0 Å². The highest BCUT2D eigenvalue weighted by atomic mass is 32.2. The highest BCUT2D eigenvalue weighted by Gasteiger charge is 2.43. The number of hydrogen-bond donors (Lipinski definition) is 0. The molecule has 0 radical (unpaired) electrons. The topological polar surface area (TPSA) is 68.3 Å². The van der Waals surface area contributed by atoms with E-state index in [1.54, 1.807) is 0 Å². The third kappa shape index (κ3) is 7.78. The van der Waals surface area contributed by atoms with Gasteiger partial charge in [0.25, 0.3) is 0 Å². The number of unbranched alkanes of at least 4 members (excludes halogenated alkanes) is 6. The van der Waals surface area contributed by atoms with E-state index >= 15 is 0 Å². The maximum Gasteiger partial charge on any atom is 0.152 e. The van der Waals surface area contributed by atoms with Crippen molar-refractivity contribution in [1.29, 1.82) is 0 Å². The van der Waals surface area contributed by atoms with Crippen molar-refractivity contribution >= 4 is 31.4 Å². The van der Waals surface area contributed by atoms with Crippen LogP contribution < -0.4 is 0 Å². The van der Waals surface area contributed by atoms with Crippen LogP contribution in [0.1, 0.15) is 65.2 Å². The van der Waals surface area contributed by atoms with Gasteiger partial charge in [0, 0.05) is 33.1 Å². The Morgan fingerprint density at radius 3 is 1.48 bits per heavy atom. The molecule has 0 unspecified atom stereocenters. The van der Waals surface area contributed by atoms with E-state index in [1.165, 1.54) is 0 Å². The van der Waals surface area contributed by atoms with E-state index in [4.69, 9.17) is 0 Å². The summed E-state index contributed by atoms with van der Waals surface area (Å²) in [6, 6.07) is 0. The molecule has 0 amide bonds. The van der Waals surface area contributed by atoms with Gasteiger partial charge in [-0.25, -0.2) is 8.42 Å². The van der Waals surface area contributed by atoms with Gasteiger partial charge in [0.05, 0.1) is 22.0 Å². The molecule has 7 heteroatoms. The second-order valence-corrected chi connectivity index (χ2v) is 12.1. The van der Waals surface area contributed by atoms with Crippen molar-refractivity contribution in [3.63, 3.8) is 0 Å². The Bertz CT molecular complexity index is 450. The first-order chi connectivity index (χ1) is 10.9. The Kier molecular flexibility index (Phi) is 10.2. The normalized spacial score (nSPS) is 26.2. The van der Waals surface area contributed by atoms with E-state index < -0.39 is 41.9 Å². The molecule has 23 heavy (non-hydrogen) atoms. The Hall–Kier alpha value is 0.250. The Morgan fingerprint density at radius 2 is 1.13 bits per heavy atom. The van der Waals surface area contributed by atoms with Crippen molar-refractivity contribution in [3.8, 4) is 0 Å². The van der Waals surface area contributed by atoms with Crippen molar-refractivity contribution in [2.24, 2.45) is 0 Å². The van der Waals surface area contributed by atoms with Gasteiger partial charge in [-0.3, -0.25) is 8.42 Å². The lowest BCUT2D eigenvalue weighted by atomic mass is 10.2. The van der Waals surface area contributed by atoms with E-state index in [0.29, 0.717) is 11.5 Å². The molecule has 0 aliphatic carbocycles. The van der Waals surface area contributed by atoms with E-state index in [0.717, 1.165) is 51.4 Å². The summed E-state index contributed by atoms with van der Waals surface area (Å²) in [4.78, 5) is 0. The summed E-state index contributed by atoms with van der Waals surface area (Å²) in [5, 5.41) is -0.845. The lowest BCUT2D eigenvalue weighted by Crippen LogP contribution is -2.34. The van der Waals surface area contributed by atoms with Crippen LogP contribution in [0.3, 0.4) is 0 Å². The summed E-state index contributed by atoms with van der Waals surface area (Å²) in [5.74, 6) is 1.00. The molecular formula is C16H32O4S3. The molecule has 1 rings (SSSR count). The summed E-state index contributed by atoms with van der Waals surface area (Å²) < 4.78 is 48.9. The van der Waals surface area contributed by atoms with Gasteiger partial charge in [-0.1, -0.05) is 52.4 Å². The molecule has 0 aromatic carbocycles. The molecule has 1 aliphatic heterocycles. The fraction of sp³-hybridized carbons (Fsp3) is 1.00. The second-order valence-electron chi connectivity index (χ2n) is 6.44. The molecule has 1 aliphatic rings. The Morgan fingerprint density at radius 1 is 0.739 bits per heavy atom. The zero-order valence-corrected chi connectivity index (χ0v) is 16.9. The monoisotopic (exact) mass is 384 g/mol. The smallest absolute Gasteiger partial charge is 0.152 e. The molecule has 0 bridgehead atoms. The van der Waals surface area contributed by atoms with Crippen molar-refractivity contribution in [3.05, 3.63) is 0 Å². The molecule has 0 spiro atoms. The minimum Gasteiger partial charge on any atom is -0.259 e. The minimum atomic E-state index is -3.19. The summed E-state index contributed by atoms with van der Waals surface area (Å²) in [6.07, 6.45) is 8.28. The van der Waals surface area contributed by atoms with E-state index in [1.807, 2.05) is 0 Å². The molecule has 0 aromatic rings. The van der Waals surface area contributed by atoms with Crippen LogP contribution in [0.2, 0.25) is 0 Å². The second kappa shape index (κ2) is 11.0. The predicted molar refractivity (Wildman–Crippen MR) is 101 cm³/mol. The molecule has 1 saturated heterocycles. The van der Waals surface area contributed by atoms with Gasteiger partial charge in [0.15, 0.2) is 9.84 Å². The lowest BCUT2D eigenvalue weighted by molar-refractivity contribution is 0.602. The molecule has 0 N–H and O–H groups in total. The Labute approximate surface area is 147 Å². The van der Waals surface area contributed by atoms with Gasteiger partial charge in [0.1, 0.15) is 0 Å². The number of rotatable bonds is 12. The molecular weight excluding hydrogens is 352 g/mol. The summed E-state index contributed by atoms with van der Waals surface area (Å²) in [5.41, 5.74) is 0. The van der Waals surface area contributed by atoms with Gasteiger partial charge in [-0.15, -0.1) is 0 Å². The zero-order chi connectivity index (χ0) is 17.3. The molecule has 0 saturated carbocycles. The van der Waals surface area contributed by atoms with Crippen LogP contribution in [-0.2, 0) is 31.4 Å². The predicted octanol–water partition coefficient (Wildman–Crippen LogP) is 2.81. The molecule has 4 atom stereocenters. The molecule has 1 heterocycles. The third-order valence-electron chi connectivity index (χ3n) is 4.32. The van der Waals surface area contributed by atoms with Gasteiger partial charge in [0.2, 0.25) is 0 Å². The Balaban J connectivity index is 2.56. The highest BCUT2D eigenvalue weighted by molar-refractivity contribution is 7.97. The molecule has 4 nitrogen and oxygen atoms in total. The van der Waals surface area contributed by atoms with Gasteiger partial charge in [-0.2, -0.15) is 0 Å². The standard InChI is InChI=1S/C16H32O4S3/c1-3-5-7-9-11-21(17)15-13-23(19,20)14-16(15)22(18)12-10-8-6-4-2/h15-16H,3-14H2,1-2H3/t15-,16-,21-,22+/m0/s1. The summed E-state index contributed by atoms with van der Waals surface area (Å²) in [6.45, 7) is 4.25. The van der Waals surface area contributed by atoms with E-state index in [2.05, 4.69) is 13.8 Å². The number of sulfone groups is 1. The largest absolute Gasteiger partial charge is 0.259 e. The van der Waals surface area contributed by atoms with Crippen molar-refractivity contribution in [1.82, 2.24) is 0 Å². The first-order valence-electron chi connectivity index (χ1n) is 8.86. The van der Waals surface area contributed by atoms with Crippen LogP contribution in [0.15, 0.2) is 0 Å². The van der Waals surface area contributed by atoms with Crippen molar-refractivity contribution in [2.45, 2.75) is 75.7 Å². The molecule has 1 fully saturated rings. The number of hydrogen-bond acceptors (Lipinski definition) is 4. The average molecular weight is 385 g/mol. The highest BCUT2D eigenvalue weighted by Crippen LogP contribution is 2.24. The zero-order valence-electron chi connectivity index (χ0n) is 14.5. The summed E-state index contributed by atoms with van der Waals surface area (Å²) in [7, 11) is -5.55. The quantitative estimate of drug-likeness (QED) is 0.485. The summed E-state index contributed by atoms with van der Waals surface area (Å²) >= 11 is 0. The van der Waals surface area contributed by atoms with E-state index in [-0.39, 0.29) is 11.5 Å². The SMILES string of the molecule is CCCCCC[S@@](=O)[C@H]1CS(=O)(=O)C[C@@H]1[S@@](=O)CCCCCC. The van der Waals surface area contributed by atoms with Gasteiger partial charge < -0.3 is 0 Å². The lowest BCUT2D eigenvalue weighted by Gasteiger charge is -2.17. The maximum atomic E-state index is 12.5. The van der Waals surface area contributed by atoms with E-state index in [9.17, 15) is 16.8 Å². The first-order valence-corrected chi connectivity index (χ1v) is 13.4. The van der Waals surface area contributed by atoms with Crippen LogP contribution in [0, 0.1) is 0 Å². The van der Waals surface area contributed by atoms with Crippen LogP contribution in [-0.4, -0.2) is 50.3 Å². The fourth-order valence-electron chi connectivity index (χ4n) is 2.92. The third-order valence-corrected chi connectivity index (χ3v) is 10.4. The fourth-order valence-corrected chi connectivity index (χ4v) is 10.4. The van der Waals surface area contributed by atoms with Gasteiger partial charge >= 0.3 is 0 Å². The van der Waals surface area contributed by atoms with Crippen LogP contribution in [0.4, 0.5) is 0 Å². The maximum absolute atomic E-state index is 12.5. The first kappa shape index (κ1) is 21.3. The molecule has 138 valence electrons. The average Bonchev–Trinajstić information content (AvgIpc) is 2.84. The van der Waals surface area contributed by atoms with Crippen LogP contribution in [0.25, 0.3) is 0 Å². The van der Waals surface area contributed by atoms with Crippen molar-refractivity contribution in [2.75, 3.05) is 23.0 Å².